The van der Waals surface area contributed by atoms with E-state index in [9.17, 15) is 9.59 Å². The van der Waals surface area contributed by atoms with Crippen molar-refractivity contribution >= 4 is 17.6 Å². The molecule has 18 heavy (non-hydrogen) atoms. The maximum Gasteiger partial charge on any atom is 0.338 e. The number of nitrogens with two attached hydrogens (primary N) is 1. The van der Waals surface area contributed by atoms with Crippen LogP contribution in [0.3, 0.4) is 0 Å². The van der Waals surface area contributed by atoms with E-state index in [1.165, 1.54) is 19.2 Å². The lowest BCUT2D eigenvalue weighted by molar-refractivity contribution is 0.0582. The molecule has 0 atom stereocenters. The molecule has 1 rings (SSSR count). The summed E-state index contributed by atoms with van der Waals surface area (Å²) >= 11 is 0. The number of hydrogen-bond acceptors (Lipinski definition) is 5. The van der Waals surface area contributed by atoms with Crippen LogP contribution in [0.2, 0.25) is 0 Å². The van der Waals surface area contributed by atoms with Crippen molar-refractivity contribution in [3.05, 3.63) is 23.3 Å². The number of esters is 1. The van der Waals surface area contributed by atoms with Crippen LogP contribution in [0.4, 0.5) is 5.69 Å². The molecule has 0 bridgehead atoms. The first-order chi connectivity index (χ1) is 8.36. The van der Waals surface area contributed by atoms with Gasteiger partial charge in [0.1, 0.15) is 5.75 Å². The van der Waals surface area contributed by atoms with E-state index in [4.69, 9.17) is 15.6 Å². The topological polar surface area (TPSA) is 98.9 Å². The number of anilines is 1. The number of carboxylic acid groups (broad SMARTS) is 1. The molecule has 0 saturated carbocycles. The third-order valence-electron chi connectivity index (χ3n) is 2.15. The molecule has 0 aliphatic rings. The van der Waals surface area contributed by atoms with Crippen LogP contribution in [-0.4, -0.2) is 30.3 Å². The van der Waals surface area contributed by atoms with Gasteiger partial charge in [-0.15, -0.1) is 0 Å². The van der Waals surface area contributed by atoms with E-state index in [2.05, 4.69) is 4.74 Å². The number of aromatic carboxylic acids is 1. The molecule has 0 spiro atoms. The van der Waals surface area contributed by atoms with Crippen LogP contribution in [0.15, 0.2) is 12.1 Å². The second kappa shape index (κ2) is 5.39. The predicted octanol–water partition coefficient (Wildman–Crippen LogP) is 1.54. The number of carbonyl (C=O) groups is 2. The van der Waals surface area contributed by atoms with Crippen molar-refractivity contribution in [1.82, 2.24) is 0 Å². The summed E-state index contributed by atoms with van der Waals surface area (Å²) in [4.78, 5) is 22.5. The highest BCUT2D eigenvalue weighted by molar-refractivity contribution is 6.03. The van der Waals surface area contributed by atoms with Crippen LogP contribution in [-0.2, 0) is 4.74 Å². The highest BCUT2D eigenvalue weighted by Crippen LogP contribution is 2.27. The molecule has 6 heteroatoms. The molecule has 0 fully saturated rings. The van der Waals surface area contributed by atoms with Gasteiger partial charge in [0.25, 0.3) is 0 Å². The lowest BCUT2D eigenvalue weighted by atomic mass is 10.1. The number of hydrogen-bond donors (Lipinski definition) is 2. The third-order valence-corrected chi connectivity index (χ3v) is 2.15. The predicted molar refractivity (Wildman–Crippen MR) is 64.9 cm³/mol. The van der Waals surface area contributed by atoms with Gasteiger partial charge in [-0.2, -0.15) is 0 Å². The molecule has 0 unspecified atom stereocenters. The molecule has 6 nitrogen and oxygen atoms in total. The lowest BCUT2D eigenvalue weighted by Gasteiger charge is -2.14. The molecular formula is C12H15NO5. The van der Waals surface area contributed by atoms with Crippen LogP contribution in [0.25, 0.3) is 0 Å². The van der Waals surface area contributed by atoms with Gasteiger partial charge in [0.2, 0.25) is 0 Å². The Morgan fingerprint density at radius 1 is 1.28 bits per heavy atom. The summed E-state index contributed by atoms with van der Waals surface area (Å²) in [5.74, 6) is -1.74. The zero-order valence-electron chi connectivity index (χ0n) is 10.4. The number of ether oxygens (including phenoxy) is 2. The first-order valence-electron chi connectivity index (χ1n) is 5.28. The van der Waals surface area contributed by atoms with Gasteiger partial charge in [-0.1, -0.05) is 0 Å². The van der Waals surface area contributed by atoms with E-state index in [0.29, 0.717) is 0 Å². The van der Waals surface area contributed by atoms with E-state index < -0.39 is 11.9 Å². The molecule has 0 aliphatic heterocycles. The second-order valence-corrected chi connectivity index (χ2v) is 3.90. The van der Waals surface area contributed by atoms with Gasteiger partial charge in [0.05, 0.1) is 30.0 Å². The Kier molecular flexibility index (Phi) is 4.14. The fourth-order valence-electron chi connectivity index (χ4n) is 1.41. The van der Waals surface area contributed by atoms with Gasteiger partial charge in [-0.25, -0.2) is 9.59 Å². The van der Waals surface area contributed by atoms with Crippen molar-refractivity contribution in [2.75, 3.05) is 12.8 Å². The lowest BCUT2D eigenvalue weighted by Crippen LogP contribution is -2.14. The SMILES string of the molecule is COC(=O)c1cc(OC(C)C)c(N)cc1C(=O)O. The number of rotatable bonds is 4. The Balaban J connectivity index is 3.35. The van der Waals surface area contributed by atoms with Crippen molar-refractivity contribution in [2.24, 2.45) is 0 Å². The van der Waals surface area contributed by atoms with Crippen molar-refractivity contribution in [1.29, 1.82) is 0 Å². The van der Waals surface area contributed by atoms with Gasteiger partial charge in [0, 0.05) is 0 Å². The molecule has 0 heterocycles. The Hall–Kier alpha value is -2.24. The molecule has 1 aromatic carbocycles. The normalized spacial score (nSPS) is 10.2. The molecule has 98 valence electrons. The Bertz CT molecular complexity index is 482. The largest absolute Gasteiger partial charge is 0.489 e. The summed E-state index contributed by atoms with van der Waals surface area (Å²) in [7, 11) is 1.17. The first kappa shape index (κ1) is 13.8. The minimum Gasteiger partial charge on any atom is -0.489 e. The van der Waals surface area contributed by atoms with E-state index in [0.717, 1.165) is 0 Å². The molecule has 1 aromatic rings. The fourth-order valence-corrected chi connectivity index (χ4v) is 1.41. The average molecular weight is 253 g/mol. The minimum atomic E-state index is -1.25. The summed E-state index contributed by atoms with van der Waals surface area (Å²) in [5.41, 5.74) is 5.54. The Morgan fingerprint density at radius 3 is 2.33 bits per heavy atom. The molecule has 0 amide bonds. The first-order valence-corrected chi connectivity index (χ1v) is 5.28. The average Bonchev–Trinajstić information content (AvgIpc) is 2.29. The molecule has 0 aromatic heterocycles. The monoisotopic (exact) mass is 253 g/mol. The highest BCUT2D eigenvalue weighted by Gasteiger charge is 2.20. The summed E-state index contributed by atoms with van der Waals surface area (Å²) in [5, 5.41) is 9.00. The van der Waals surface area contributed by atoms with Crippen LogP contribution >= 0.6 is 0 Å². The maximum atomic E-state index is 11.5. The number of carbonyl (C=O) groups excluding carboxylic acids is 1. The van der Waals surface area contributed by atoms with Crippen molar-refractivity contribution in [3.8, 4) is 5.75 Å². The zero-order valence-corrected chi connectivity index (χ0v) is 10.4. The van der Waals surface area contributed by atoms with Crippen LogP contribution < -0.4 is 10.5 Å². The molecule has 0 radical (unpaired) electrons. The van der Waals surface area contributed by atoms with Crippen molar-refractivity contribution < 1.29 is 24.2 Å². The van der Waals surface area contributed by atoms with E-state index in [1.807, 2.05) is 0 Å². The molecule has 0 saturated heterocycles. The summed E-state index contributed by atoms with van der Waals surface area (Å²) in [6.45, 7) is 3.59. The quantitative estimate of drug-likeness (QED) is 0.623. The standard InChI is InChI=1S/C12H15NO5/c1-6(2)18-10-5-8(12(16)17-3)7(11(14)15)4-9(10)13/h4-6H,13H2,1-3H3,(H,14,15). The maximum absolute atomic E-state index is 11.5. The molecular weight excluding hydrogens is 238 g/mol. The van der Waals surface area contributed by atoms with Crippen LogP contribution in [0.5, 0.6) is 5.75 Å². The van der Waals surface area contributed by atoms with Gasteiger partial charge in [0.15, 0.2) is 0 Å². The van der Waals surface area contributed by atoms with Crippen molar-refractivity contribution in [2.45, 2.75) is 20.0 Å². The summed E-state index contributed by atoms with van der Waals surface area (Å²) in [6, 6.07) is 2.47. The number of methoxy groups -OCH3 is 1. The summed E-state index contributed by atoms with van der Waals surface area (Å²) in [6.07, 6.45) is -0.145. The van der Waals surface area contributed by atoms with E-state index in [-0.39, 0.29) is 28.7 Å². The molecule has 0 aliphatic carbocycles. The second-order valence-electron chi connectivity index (χ2n) is 3.90. The smallest absolute Gasteiger partial charge is 0.338 e. The summed E-state index contributed by atoms with van der Waals surface area (Å²) < 4.78 is 9.92. The zero-order chi connectivity index (χ0) is 13.9. The number of benzene rings is 1. The van der Waals surface area contributed by atoms with E-state index >= 15 is 0 Å². The number of carboxylic acids is 1. The van der Waals surface area contributed by atoms with Gasteiger partial charge >= 0.3 is 11.9 Å². The van der Waals surface area contributed by atoms with E-state index in [1.54, 1.807) is 13.8 Å². The minimum absolute atomic E-state index is 0.0881. The van der Waals surface area contributed by atoms with Gasteiger partial charge in [-0.3, -0.25) is 0 Å². The van der Waals surface area contributed by atoms with Crippen LogP contribution in [0, 0.1) is 0 Å². The van der Waals surface area contributed by atoms with Crippen LogP contribution in [0.1, 0.15) is 34.6 Å². The Labute approximate surface area is 104 Å². The fraction of sp³-hybridized carbons (Fsp3) is 0.333. The Morgan fingerprint density at radius 2 is 1.89 bits per heavy atom. The van der Waals surface area contributed by atoms with Gasteiger partial charge < -0.3 is 20.3 Å². The van der Waals surface area contributed by atoms with Gasteiger partial charge in [-0.05, 0) is 26.0 Å². The number of nitrogen functional groups attached to an aromatic ring is 1. The highest BCUT2D eigenvalue weighted by atomic mass is 16.5. The third kappa shape index (κ3) is 2.91. The molecule has 3 N–H and O–H groups in total. The van der Waals surface area contributed by atoms with Crippen molar-refractivity contribution in [3.63, 3.8) is 0 Å².